The minimum atomic E-state index is -1.12. The summed E-state index contributed by atoms with van der Waals surface area (Å²) in [7, 11) is 0. The maximum absolute atomic E-state index is 11.4. The van der Waals surface area contributed by atoms with E-state index in [1.165, 1.54) is 11.3 Å². The van der Waals surface area contributed by atoms with Crippen LogP contribution in [-0.4, -0.2) is 16.1 Å². The number of carboxylic acids is 1. The van der Waals surface area contributed by atoms with Crippen LogP contribution in [0.4, 0.5) is 0 Å². The fourth-order valence-corrected chi connectivity index (χ4v) is 2.72. The number of thiophene rings is 1. The molecule has 21 heavy (non-hydrogen) atoms. The van der Waals surface area contributed by atoms with Crippen molar-refractivity contribution >= 4 is 28.9 Å². The van der Waals surface area contributed by atoms with E-state index in [0.29, 0.717) is 16.5 Å². The van der Waals surface area contributed by atoms with E-state index in [4.69, 9.17) is 16.0 Å². The van der Waals surface area contributed by atoms with Crippen molar-refractivity contribution in [1.82, 2.24) is 4.98 Å². The molecule has 0 atom stereocenters. The molecule has 3 rings (SSSR count). The fourth-order valence-electron chi connectivity index (χ4n) is 1.95. The lowest BCUT2D eigenvalue weighted by Crippen LogP contribution is -1.99. The van der Waals surface area contributed by atoms with Crippen molar-refractivity contribution in [1.29, 1.82) is 0 Å². The number of oxazole rings is 1. The van der Waals surface area contributed by atoms with Crippen molar-refractivity contribution < 1.29 is 14.3 Å². The molecule has 0 saturated carbocycles. The first-order valence-corrected chi connectivity index (χ1v) is 7.36. The molecule has 0 unspecified atom stereocenters. The van der Waals surface area contributed by atoms with Crippen molar-refractivity contribution in [2.45, 2.75) is 6.92 Å². The summed E-state index contributed by atoms with van der Waals surface area (Å²) in [5.41, 5.74) is 1.39. The van der Waals surface area contributed by atoms with Gasteiger partial charge in [-0.05, 0) is 42.1 Å². The van der Waals surface area contributed by atoms with Gasteiger partial charge in [-0.3, -0.25) is 0 Å². The molecule has 0 radical (unpaired) electrons. The van der Waals surface area contributed by atoms with E-state index < -0.39 is 5.97 Å². The number of hydrogen-bond donors (Lipinski definition) is 1. The molecule has 0 saturated heterocycles. The van der Waals surface area contributed by atoms with Gasteiger partial charge in [-0.1, -0.05) is 17.7 Å². The van der Waals surface area contributed by atoms with Gasteiger partial charge in [-0.15, -0.1) is 11.3 Å². The Morgan fingerprint density at radius 2 is 2.19 bits per heavy atom. The summed E-state index contributed by atoms with van der Waals surface area (Å²) in [6, 6.07) is 8.91. The summed E-state index contributed by atoms with van der Waals surface area (Å²) in [5, 5.41) is 11.8. The van der Waals surface area contributed by atoms with Crippen molar-refractivity contribution in [3.63, 3.8) is 0 Å². The Morgan fingerprint density at radius 3 is 2.81 bits per heavy atom. The predicted octanol–water partition coefficient (Wildman–Crippen LogP) is 4.73. The van der Waals surface area contributed by atoms with Gasteiger partial charge in [0.15, 0.2) is 11.5 Å². The maximum Gasteiger partial charge on any atom is 0.358 e. The average molecular weight is 320 g/mol. The molecule has 0 spiro atoms. The SMILES string of the molecule is Cc1cc(-c2oc(-c3cccs3)nc2C(=O)O)ccc1Cl. The number of benzene rings is 1. The Kier molecular flexibility index (Phi) is 3.53. The second kappa shape index (κ2) is 5.35. The van der Waals surface area contributed by atoms with Crippen LogP contribution in [0.15, 0.2) is 40.1 Å². The minimum absolute atomic E-state index is 0.0971. The number of nitrogens with zero attached hydrogens (tertiary/aromatic N) is 1. The first kappa shape index (κ1) is 13.9. The van der Waals surface area contributed by atoms with Crippen molar-refractivity contribution in [3.8, 4) is 22.1 Å². The lowest BCUT2D eigenvalue weighted by molar-refractivity contribution is 0.0691. The molecular formula is C15H10ClNO3S. The van der Waals surface area contributed by atoms with E-state index in [2.05, 4.69) is 4.98 Å². The molecule has 3 aromatic rings. The summed E-state index contributed by atoms with van der Waals surface area (Å²) < 4.78 is 5.68. The molecule has 0 aliphatic heterocycles. The Balaban J connectivity index is 2.16. The summed E-state index contributed by atoms with van der Waals surface area (Å²) in [5.74, 6) is -0.570. The van der Waals surface area contributed by atoms with E-state index in [0.717, 1.165) is 10.4 Å². The fraction of sp³-hybridized carbons (Fsp3) is 0.0667. The topological polar surface area (TPSA) is 63.3 Å². The molecule has 1 N–H and O–H groups in total. The number of aryl methyl sites for hydroxylation is 1. The van der Waals surface area contributed by atoms with Crippen LogP contribution in [0, 0.1) is 6.92 Å². The van der Waals surface area contributed by atoms with Gasteiger partial charge in [-0.25, -0.2) is 9.78 Å². The zero-order valence-electron chi connectivity index (χ0n) is 11.0. The van der Waals surface area contributed by atoms with Gasteiger partial charge < -0.3 is 9.52 Å². The van der Waals surface area contributed by atoms with Crippen LogP contribution in [0.3, 0.4) is 0 Å². The monoisotopic (exact) mass is 319 g/mol. The number of rotatable bonds is 3. The molecular weight excluding hydrogens is 310 g/mol. The molecule has 0 bridgehead atoms. The number of halogens is 1. The first-order chi connectivity index (χ1) is 10.1. The van der Waals surface area contributed by atoms with Crippen LogP contribution < -0.4 is 0 Å². The Labute approximate surface area is 129 Å². The van der Waals surface area contributed by atoms with Crippen LogP contribution >= 0.6 is 22.9 Å². The lowest BCUT2D eigenvalue weighted by atomic mass is 10.1. The average Bonchev–Trinajstić information content (AvgIpc) is 3.09. The normalized spacial score (nSPS) is 10.8. The van der Waals surface area contributed by atoms with Gasteiger partial charge in [0.25, 0.3) is 0 Å². The minimum Gasteiger partial charge on any atom is -0.476 e. The smallest absolute Gasteiger partial charge is 0.358 e. The number of aromatic carboxylic acids is 1. The van der Waals surface area contributed by atoms with Gasteiger partial charge in [0, 0.05) is 10.6 Å². The van der Waals surface area contributed by atoms with Crippen molar-refractivity contribution in [2.24, 2.45) is 0 Å². The maximum atomic E-state index is 11.4. The molecule has 2 heterocycles. The highest BCUT2D eigenvalue weighted by Gasteiger charge is 2.22. The molecule has 1 aromatic carbocycles. The lowest BCUT2D eigenvalue weighted by Gasteiger charge is -2.01. The predicted molar refractivity (Wildman–Crippen MR) is 82.0 cm³/mol. The third-order valence-corrected chi connectivity index (χ3v) is 4.26. The highest BCUT2D eigenvalue weighted by atomic mass is 35.5. The molecule has 0 aliphatic carbocycles. The van der Waals surface area contributed by atoms with Crippen LogP contribution in [0.25, 0.3) is 22.1 Å². The van der Waals surface area contributed by atoms with E-state index in [1.807, 2.05) is 24.4 Å². The molecule has 106 valence electrons. The second-order valence-electron chi connectivity index (χ2n) is 4.44. The highest BCUT2D eigenvalue weighted by Crippen LogP contribution is 2.33. The molecule has 0 aliphatic rings. The number of aromatic nitrogens is 1. The molecule has 2 aromatic heterocycles. The van der Waals surface area contributed by atoms with E-state index in [9.17, 15) is 9.90 Å². The Morgan fingerprint density at radius 1 is 1.38 bits per heavy atom. The Hall–Kier alpha value is -2.11. The zero-order chi connectivity index (χ0) is 15.0. The van der Waals surface area contributed by atoms with Crippen LogP contribution in [0.5, 0.6) is 0 Å². The summed E-state index contributed by atoms with van der Waals surface area (Å²) >= 11 is 7.44. The highest BCUT2D eigenvalue weighted by molar-refractivity contribution is 7.13. The van der Waals surface area contributed by atoms with Gasteiger partial charge in [-0.2, -0.15) is 0 Å². The molecule has 0 amide bonds. The standard InChI is InChI=1S/C15H10ClNO3S/c1-8-7-9(4-5-10(8)16)13-12(15(18)19)17-14(20-13)11-3-2-6-21-11/h2-7H,1H3,(H,18,19). The van der Waals surface area contributed by atoms with E-state index in [1.54, 1.807) is 18.2 Å². The van der Waals surface area contributed by atoms with Gasteiger partial charge >= 0.3 is 5.97 Å². The Bertz CT molecular complexity index is 808. The van der Waals surface area contributed by atoms with E-state index >= 15 is 0 Å². The molecule has 6 heteroatoms. The first-order valence-electron chi connectivity index (χ1n) is 6.11. The third kappa shape index (κ3) is 2.57. The van der Waals surface area contributed by atoms with Crippen LogP contribution in [0.1, 0.15) is 16.1 Å². The van der Waals surface area contributed by atoms with Crippen molar-refractivity contribution in [3.05, 3.63) is 52.0 Å². The number of carbonyl (C=O) groups is 1. The van der Waals surface area contributed by atoms with Gasteiger partial charge in [0.05, 0.1) is 4.88 Å². The summed E-state index contributed by atoms with van der Waals surface area (Å²) in [6.45, 7) is 1.85. The summed E-state index contributed by atoms with van der Waals surface area (Å²) in [4.78, 5) is 16.3. The van der Waals surface area contributed by atoms with Gasteiger partial charge in [0.2, 0.25) is 5.89 Å². The quantitative estimate of drug-likeness (QED) is 0.758. The number of hydrogen-bond acceptors (Lipinski definition) is 4. The summed E-state index contributed by atoms with van der Waals surface area (Å²) in [6.07, 6.45) is 0. The van der Waals surface area contributed by atoms with Crippen LogP contribution in [0.2, 0.25) is 5.02 Å². The second-order valence-corrected chi connectivity index (χ2v) is 5.80. The third-order valence-electron chi connectivity index (χ3n) is 2.98. The van der Waals surface area contributed by atoms with E-state index in [-0.39, 0.29) is 11.5 Å². The van der Waals surface area contributed by atoms with Crippen LogP contribution in [-0.2, 0) is 0 Å². The molecule has 4 nitrogen and oxygen atoms in total. The molecule has 0 fully saturated rings. The largest absolute Gasteiger partial charge is 0.476 e. The number of carboxylic acid groups (broad SMARTS) is 1. The van der Waals surface area contributed by atoms with Gasteiger partial charge in [0.1, 0.15) is 0 Å². The zero-order valence-corrected chi connectivity index (χ0v) is 12.5. The van der Waals surface area contributed by atoms with Crippen molar-refractivity contribution in [2.75, 3.05) is 0 Å².